The van der Waals surface area contributed by atoms with Gasteiger partial charge in [-0.3, -0.25) is 0 Å². The standard InChI is InChI=1S/C13H17N3/c14-8-11(15)9-16-13-7-3-5-10-4-1-2-6-12(10)13/h1-7,11,16H,8-9,14-15H2. The summed E-state index contributed by atoms with van der Waals surface area (Å²) in [7, 11) is 0. The second-order valence-corrected chi connectivity index (χ2v) is 3.90. The Morgan fingerprint density at radius 3 is 2.62 bits per heavy atom. The predicted octanol–water partition coefficient (Wildman–Crippen LogP) is 1.54. The Morgan fingerprint density at radius 1 is 1.06 bits per heavy atom. The van der Waals surface area contributed by atoms with Crippen LogP contribution in [0.5, 0.6) is 0 Å². The summed E-state index contributed by atoms with van der Waals surface area (Å²) in [6.45, 7) is 1.20. The van der Waals surface area contributed by atoms with E-state index in [1.165, 1.54) is 10.8 Å². The van der Waals surface area contributed by atoms with Crippen LogP contribution >= 0.6 is 0 Å². The third-order valence-corrected chi connectivity index (χ3v) is 2.65. The van der Waals surface area contributed by atoms with E-state index in [0.717, 1.165) is 5.69 Å². The first kappa shape index (κ1) is 10.9. The number of nitrogens with two attached hydrogens (primary N) is 2. The zero-order valence-corrected chi connectivity index (χ0v) is 9.19. The van der Waals surface area contributed by atoms with Crippen molar-refractivity contribution in [3.8, 4) is 0 Å². The Hall–Kier alpha value is -1.58. The molecule has 0 aliphatic carbocycles. The third kappa shape index (κ3) is 2.32. The summed E-state index contributed by atoms with van der Waals surface area (Å²) in [6, 6.07) is 14.5. The lowest BCUT2D eigenvalue weighted by Crippen LogP contribution is -2.36. The Kier molecular flexibility index (Phi) is 3.39. The van der Waals surface area contributed by atoms with Crippen LogP contribution in [-0.4, -0.2) is 19.1 Å². The van der Waals surface area contributed by atoms with Crippen LogP contribution in [0.1, 0.15) is 0 Å². The molecule has 5 N–H and O–H groups in total. The number of hydrogen-bond donors (Lipinski definition) is 3. The van der Waals surface area contributed by atoms with E-state index in [1.54, 1.807) is 0 Å². The smallest absolute Gasteiger partial charge is 0.0420 e. The normalized spacial score (nSPS) is 12.6. The van der Waals surface area contributed by atoms with Crippen LogP contribution in [0.15, 0.2) is 42.5 Å². The van der Waals surface area contributed by atoms with E-state index in [1.807, 2.05) is 18.2 Å². The van der Waals surface area contributed by atoms with Gasteiger partial charge in [0.2, 0.25) is 0 Å². The predicted molar refractivity (Wildman–Crippen MR) is 69.5 cm³/mol. The van der Waals surface area contributed by atoms with E-state index >= 15 is 0 Å². The molecule has 3 nitrogen and oxygen atoms in total. The molecule has 0 aliphatic rings. The van der Waals surface area contributed by atoms with Crippen molar-refractivity contribution in [3.05, 3.63) is 42.5 Å². The monoisotopic (exact) mass is 215 g/mol. The van der Waals surface area contributed by atoms with Gasteiger partial charge in [0.05, 0.1) is 0 Å². The molecule has 2 aromatic rings. The summed E-state index contributed by atoms with van der Waals surface area (Å²) in [4.78, 5) is 0. The molecule has 0 aromatic heterocycles. The molecule has 3 heteroatoms. The van der Waals surface area contributed by atoms with Gasteiger partial charge in [0.1, 0.15) is 0 Å². The second kappa shape index (κ2) is 4.96. The molecule has 0 fully saturated rings. The van der Waals surface area contributed by atoms with Gasteiger partial charge >= 0.3 is 0 Å². The highest BCUT2D eigenvalue weighted by molar-refractivity contribution is 5.93. The Balaban J connectivity index is 2.23. The van der Waals surface area contributed by atoms with Crippen LogP contribution in [0.25, 0.3) is 10.8 Å². The summed E-state index contributed by atoms with van der Waals surface area (Å²) in [6.07, 6.45) is 0. The summed E-state index contributed by atoms with van der Waals surface area (Å²) in [5.41, 5.74) is 12.4. The van der Waals surface area contributed by atoms with Gasteiger partial charge < -0.3 is 16.8 Å². The largest absolute Gasteiger partial charge is 0.383 e. The lowest BCUT2D eigenvalue weighted by molar-refractivity contribution is 0.714. The minimum atomic E-state index is -0.000955. The van der Waals surface area contributed by atoms with Crippen molar-refractivity contribution in [3.63, 3.8) is 0 Å². The maximum Gasteiger partial charge on any atom is 0.0420 e. The van der Waals surface area contributed by atoms with Gasteiger partial charge in [-0.2, -0.15) is 0 Å². The fourth-order valence-electron chi connectivity index (χ4n) is 1.70. The van der Waals surface area contributed by atoms with Crippen LogP contribution in [0, 0.1) is 0 Å². The molecule has 0 saturated heterocycles. The first-order valence-electron chi connectivity index (χ1n) is 5.48. The van der Waals surface area contributed by atoms with Gasteiger partial charge in [-0.05, 0) is 11.5 Å². The zero-order valence-electron chi connectivity index (χ0n) is 9.19. The van der Waals surface area contributed by atoms with Crippen molar-refractivity contribution < 1.29 is 0 Å². The molecule has 0 heterocycles. The average Bonchev–Trinajstić information content (AvgIpc) is 2.35. The van der Waals surface area contributed by atoms with Crippen LogP contribution in [0.3, 0.4) is 0 Å². The number of nitrogens with one attached hydrogen (secondary N) is 1. The summed E-state index contributed by atoms with van der Waals surface area (Å²) < 4.78 is 0. The number of benzene rings is 2. The Labute approximate surface area is 95.4 Å². The molecule has 84 valence electrons. The van der Waals surface area contributed by atoms with E-state index in [-0.39, 0.29) is 6.04 Å². The van der Waals surface area contributed by atoms with Crippen LogP contribution in [-0.2, 0) is 0 Å². The zero-order chi connectivity index (χ0) is 11.4. The SMILES string of the molecule is NCC(N)CNc1cccc2ccccc12. The molecular formula is C13H17N3. The van der Waals surface area contributed by atoms with E-state index < -0.39 is 0 Å². The molecule has 0 saturated carbocycles. The van der Waals surface area contributed by atoms with Crippen molar-refractivity contribution in [1.82, 2.24) is 0 Å². The quantitative estimate of drug-likeness (QED) is 0.725. The van der Waals surface area contributed by atoms with Crippen molar-refractivity contribution in [2.45, 2.75) is 6.04 Å². The summed E-state index contributed by atoms with van der Waals surface area (Å²) in [5.74, 6) is 0. The minimum Gasteiger partial charge on any atom is -0.383 e. The van der Waals surface area contributed by atoms with Crippen LogP contribution in [0.2, 0.25) is 0 Å². The van der Waals surface area contributed by atoms with Crippen molar-refractivity contribution in [2.24, 2.45) is 11.5 Å². The lowest BCUT2D eigenvalue weighted by atomic mass is 10.1. The highest BCUT2D eigenvalue weighted by atomic mass is 14.9. The maximum atomic E-state index is 5.78. The molecule has 16 heavy (non-hydrogen) atoms. The van der Waals surface area contributed by atoms with Crippen LogP contribution < -0.4 is 16.8 Å². The highest BCUT2D eigenvalue weighted by Crippen LogP contribution is 2.22. The van der Waals surface area contributed by atoms with E-state index in [9.17, 15) is 0 Å². The first-order valence-corrected chi connectivity index (χ1v) is 5.48. The van der Waals surface area contributed by atoms with E-state index in [2.05, 4.69) is 29.6 Å². The van der Waals surface area contributed by atoms with E-state index in [4.69, 9.17) is 11.5 Å². The number of fused-ring (bicyclic) bond motifs is 1. The third-order valence-electron chi connectivity index (χ3n) is 2.65. The average molecular weight is 215 g/mol. The fourth-order valence-corrected chi connectivity index (χ4v) is 1.70. The summed E-state index contributed by atoms with van der Waals surface area (Å²) >= 11 is 0. The molecule has 2 aromatic carbocycles. The van der Waals surface area contributed by atoms with Gasteiger partial charge in [-0.25, -0.2) is 0 Å². The second-order valence-electron chi connectivity index (χ2n) is 3.90. The first-order chi connectivity index (χ1) is 7.81. The molecular weight excluding hydrogens is 198 g/mol. The molecule has 0 amide bonds. The molecule has 1 unspecified atom stereocenters. The van der Waals surface area contributed by atoms with Gasteiger partial charge in [0.25, 0.3) is 0 Å². The molecule has 2 rings (SSSR count). The lowest BCUT2D eigenvalue weighted by Gasteiger charge is -2.13. The minimum absolute atomic E-state index is 0.000955. The summed E-state index contributed by atoms with van der Waals surface area (Å²) in [5, 5.41) is 5.78. The topological polar surface area (TPSA) is 64.1 Å². The van der Waals surface area contributed by atoms with Gasteiger partial charge in [0.15, 0.2) is 0 Å². The van der Waals surface area contributed by atoms with Crippen molar-refractivity contribution in [2.75, 3.05) is 18.4 Å². The molecule has 1 atom stereocenters. The molecule has 0 spiro atoms. The molecule has 0 aliphatic heterocycles. The Bertz CT molecular complexity index is 462. The van der Waals surface area contributed by atoms with Gasteiger partial charge in [-0.15, -0.1) is 0 Å². The van der Waals surface area contributed by atoms with Crippen molar-refractivity contribution in [1.29, 1.82) is 0 Å². The van der Waals surface area contributed by atoms with E-state index in [0.29, 0.717) is 13.1 Å². The molecule has 0 radical (unpaired) electrons. The highest BCUT2D eigenvalue weighted by Gasteiger charge is 2.02. The fraction of sp³-hybridized carbons (Fsp3) is 0.231. The maximum absolute atomic E-state index is 5.78. The van der Waals surface area contributed by atoms with Crippen LogP contribution in [0.4, 0.5) is 5.69 Å². The number of anilines is 1. The van der Waals surface area contributed by atoms with Crippen molar-refractivity contribution >= 4 is 16.5 Å². The van der Waals surface area contributed by atoms with Gasteiger partial charge in [-0.1, -0.05) is 36.4 Å². The number of hydrogen-bond acceptors (Lipinski definition) is 3. The Morgan fingerprint density at radius 2 is 1.81 bits per heavy atom. The molecule has 0 bridgehead atoms. The number of rotatable bonds is 4. The van der Waals surface area contributed by atoms with Gasteiger partial charge in [0, 0.05) is 30.2 Å².